The average molecular weight is 275 g/mol. The van der Waals surface area contributed by atoms with Crippen molar-refractivity contribution in [1.82, 2.24) is 0 Å². The molecule has 1 fully saturated rings. The van der Waals surface area contributed by atoms with Gasteiger partial charge in [-0.15, -0.1) is 0 Å². The van der Waals surface area contributed by atoms with Crippen LogP contribution in [0.1, 0.15) is 32.1 Å². The Morgan fingerprint density at radius 2 is 2.16 bits per heavy atom. The van der Waals surface area contributed by atoms with Crippen molar-refractivity contribution in [3.05, 3.63) is 0 Å². The maximum absolute atomic E-state index is 11.1. The molecule has 1 aliphatic rings. The third-order valence-corrected chi connectivity index (χ3v) is 3.39. The molecule has 0 bridgehead atoms. The molecular formula is C13H25NO5. The van der Waals surface area contributed by atoms with Gasteiger partial charge >= 0.3 is 5.97 Å². The van der Waals surface area contributed by atoms with Crippen LogP contribution >= 0.6 is 0 Å². The molecule has 1 aliphatic carbocycles. The Bertz CT molecular complexity index is 274. The van der Waals surface area contributed by atoms with E-state index in [4.69, 9.17) is 25.1 Å². The minimum Gasteiger partial charge on any atom is -0.480 e. The van der Waals surface area contributed by atoms with Gasteiger partial charge in [-0.2, -0.15) is 0 Å². The van der Waals surface area contributed by atoms with Crippen molar-refractivity contribution in [3.8, 4) is 0 Å². The van der Waals surface area contributed by atoms with Crippen LogP contribution in [0, 0.1) is 0 Å². The minimum atomic E-state index is -1.11. The van der Waals surface area contributed by atoms with Crippen molar-refractivity contribution in [2.24, 2.45) is 5.73 Å². The standard InChI is InChI=1S/C13H25NO5/c1-17-8-9-18-6-3-7-19-11-4-2-5-13(14,10-11)12(15)16/h11H,2-10,14H2,1H3,(H,15,16). The lowest BCUT2D eigenvalue weighted by molar-refractivity contribution is -0.147. The molecule has 2 unspecified atom stereocenters. The average Bonchev–Trinajstić information content (AvgIpc) is 2.38. The summed E-state index contributed by atoms with van der Waals surface area (Å²) in [5, 5.41) is 9.09. The molecule has 0 spiro atoms. The van der Waals surface area contributed by atoms with E-state index >= 15 is 0 Å². The molecule has 0 aliphatic heterocycles. The fraction of sp³-hybridized carbons (Fsp3) is 0.923. The van der Waals surface area contributed by atoms with Gasteiger partial charge in [-0.1, -0.05) is 0 Å². The Balaban J connectivity index is 2.11. The maximum atomic E-state index is 11.1. The number of carboxylic acids is 1. The van der Waals surface area contributed by atoms with Gasteiger partial charge in [-0.3, -0.25) is 4.79 Å². The van der Waals surface area contributed by atoms with E-state index in [0.29, 0.717) is 39.3 Å². The zero-order valence-electron chi connectivity index (χ0n) is 11.6. The minimum absolute atomic E-state index is 0.0474. The fourth-order valence-corrected chi connectivity index (χ4v) is 2.25. The van der Waals surface area contributed by atoms with Crippen molar-refractivity contribution in [3.63, 3.8) is 0 Å². The van der Waals surface area contributed by atoms with Crippen LogP contribution in [0.5, 0.6) is 0 Å². The largest absolute Gasteiger partial charge is 0.480 e. The number of carboxylic acid groups (broad SMARTS) is 1. The highest BCUT2D eigenvalue weighted by molar-refractivity contribution is 5.78. The van der Waals surface area contributed by atoms with Gasteiger partial charge in [0.1, 0.15) is 5.54 Å². The summed E-state index contributed by atoms with van der Waals surface area (Å²) in [6, 6.07) is 0. The second kappa shape index (κ2) is 8.47. The molecule has 6 nitrogen and oxygen atoms in total. The van der Waals surface area contributed by atoms with E-state index < -0.39 is 11.5 Å². The summed E-state index contributed by atoms with van der Waals surface area (Å²) in [6.45, 7) is 2.39. The molecule has 19 heavy (non-hydrogen) atoms. The van der Waals surface area contributed by atoms with E-state index in [0.717, 1.165) is 19.3 Å². The monoisotopic (exact) mass is 275 g/mol. The molecule has 2 atom stereocenters. The summed E-state index contributed by atoms with van der Waals surface area (Å²) < 4.78 is 15.9. The van der Waals surface area contributed by atoms with E-state index in [-0.39, 0.29) is 6.10 Å². The molecule has 0 heterocycles. The Labute approximate surface area is 114 Å². The van der Waals surface area contributed by atoms with Crippen molar-refractivity contribution < 1.29 is 24.1 Å². The summed E-state index contributed by atoms with van der Waals surface area (Å²) in [4.78, 5) is 11.1. The van der Waals surface area contributed by atoms with Crippen LogP contribution in [-0.2, 0) is 19.0 Å². The number of ether oxygens (including phenoxy) is 3. The van der Waals surface area contributed by atoms with Gasteiger partial charge in [0.05, 0.1) is 19.3 Å². The van der Waals surface area contributed by atoms with Crippen LogP contribution in [0.15, 0.2) is 0 Å². The first-order valence-electron chi connectivity index (χ1n) is 6.79. The number of carbonyl (C=O) groups is 1. The second-order valence-corrected chi connectivity index (χ2v) is 5.01. The molecule has 0 aromatic heterocycles. The van der Waals surface area contributed by atoms with Crippen LogP contribution in [0.25, 0.3) is 0 Å². The number of rotatable bonds is 9. The van der Waals surface area contributed by atoms with Crippen molar-refractivity contribution in [1.29, 1.82) is 0 Å². The van der Waals surface area contributed by atoms with E-state index in [2.05, 4.69) is 0 Å². The zero-order chi connectivity index (χ0) is 14.1. The first kappa shape index (κ1) is 16.4. The lowest BCUT2D eigenvalue weighted by Gasteiger charge is -2.34. The van der Waals surface area contributed by atoms with Crippen LogP contribution in [0.2, 0.25) is 0 Å². The summed E-state index contributed by atoms with van der Waals surface area (Å²) in [7, 11) is 1.64. The van der Waals surface area contributed by atoms with Crippen molar-refractivity contribution in [2.45, 2.75) is 43.7 Å². The SMILES string of the molecule is COCCOCCCOC1CCCC(N)(C(=O)O)C1. The number of nitrogens with two attached hydrogens (primary N) is 1. The third kappa shape index (κ3) is 5.86. The molecule has 1 saturated carbocycles. The van der Waals surface area contributed by atoms with Gasteiger partial charge in [0, 0.05) is 26.7 Å². The number of hydrogen-bond acceptors (Lipinski definition) is 5. The highest BCUT2D eigenvalue weighted by atomic mass is 16.5. The molecule has 1 rings (SSSR count). The van der Waals surface area contributed by atoms with Gasteiger partial charge in [0.2, 0.25) is 0 Å². The lowest BCUT2D eigenvalue weighted by atomic mass is 9.81. The normalized spacial score (nSPS) is 27.4. The molecule has 0 amide bonds. The molecule has 3 N–H and O–H groups in total. The van der Waals surface area contributed by atoms with Crippen LogP contribution in [-0.4, -0.2) is 56.3 Å². The van der Waals surface area contributed by atoms with E-state index in [1.807, 2.05) is 0 Å². The van der Waals surface area contributed by atoms with Gasteiger partial charge in [0.25, 0.3) is 0 Å². The predicted octanol–water partition coefficient (Wildman–Crippen LogP) is 0.781. The quantitative estimate of drug-likeness (QED) is 0.604. The Morgan fingerprint density at radius 3 is 2.84 bits per heavy atom. The maximum Gasteiger partial charge on any atom is 0.323 e. The molecular weight excluding hydrogens is 250 g/mol. The highest BCUT2D eigenvalue weighted by Crippen LogP contribution is 2.28. The third-order valence-electron chi connectivity index (χ3n) is 3.39. The fourth-order valence-electron chi connectivity index (χ4n) is 2.25. The molecule has 112 valence electrons. The Morgan fingerprint density at radius 1 is 1.37 bits per heavy atom. The first-order valence-corrected chi connectivity index (χ1v) is 6.79. The molecule has 0 aromatic carbocycles. The number of methoxy groups -OCH3 is 1. The summed E-state index contributed by atoms with van der Waals surface area (Å²) in [5.41, 5.74) is 4.75. The summed E-state index contributed by atoms with van der Waals surface area (Å²) >= 11 is 0. The van der Waals surface area contributed by atoms with Gasteiger partial charge < -0.3 is 25.1 Å². The van der Waals surface area contributed by atoms with E-state index in [1.165, 1.54) is 0 Å². The van der Waals surface area contributed by atoms with Gasteiger partial charge in [-0.05, 0) is 25.7 Å². The molecule has 0 saturated heterocycles. The molecule has 0 radical (unpaired) electrons. The number of hydrogen-bond donors (Lipinski definition) is 2. The number of aliphatic carboxylic acids is 1. The van der Waals surface area contributed by atoms with E-state index in [1.54, 1.807) is 7.11 Å². The lowest BCUT2D eigenvalue weighted by Crippen LogP contribution is -2.52. The summed E-state index contributed by atoms with van der Waals surface area (Å²) in [6.07, 6.45) is 3.36. The van der Waals surface area contributed by atoms with Crippen LogP contribution < -0.4 is 5.73 Å². The molecule has 0 aromatic rings. The predicted molar refractivity (Wildman–Crippen MR) is 70.1 cm³/mol. The van der Waals surface area contributed by atoms with Crippen molar-refractivity contribution in [2.75, 3.05) is 33.5 Å². The topological polar surface area (TPSA) is 91.0 Å². The highest BCUT2D eigenvalue weighted by Gasteiger charge is 2.39. The Kier molecular flexibility index (Phi) is 7.30. The Hall–Kier alpha value is -0.690. The first-order chi connectivity index (χ1) is 9.08. The van der Waals surface area contributed by atoms with Gasteiger partial charge in [-0.25, -0.2) is 0 Å². The van der Waals surface area contributed by atoms with E-state index in [9.17, 15) is 4.79 Å². The summed E-state index contributed by atoms with van der Waals surface area (Å²) in [5.74, 6) is -0.927. The van der Waals surface area contributed by atoms with Gasteiger partial charge in [0.15, 0.2) is 0 Å². The van der Waals surface area contributed by atoms with Crippen LogP contribution in [0.3, 0.4) is 0 Å². The van der Waals surface area contributed by atoms with Crippen LogP contribution in [0.4, 0.5) is 0 Å². The molecule has 6 heteroatoms. The van der Waals surface area contributed by atoms with Crippen molar-refractivity contribution >= 4 is 5.97 Å². The zero-order valence-corrected chi connectivity index (χ0v) is 11.6. The smallest absolute Gasteiger partial charge is 0.323 e. The second-order valence-electron chi connectivity index (χ2n) is 5.01.